The standard InChI is InChI=1S/C17H21ClN2/c1-17(2,3)11-15(13-7-5-4-6-8-13)20-14-9-10-16(18)19-12-14/h4-10,12,15,20H,11H2,1-3H3. The molecule has 1 aromatic heterocycles. The van der Waals surface area contributed by atoms with Crippen molar-refractivity contribution >= 4 is 17.3 Å². The number of pyridine rings is 1. The van der Waals surface area contributed by atoms with E-state index < -0.39 is 0 Å². The molecule has 0 aliphatic heterocycles. The second-order valence-electron chi connectivity index (χ2n) is 6.24. The van der Waals surface area contributed by atoms with E-state index in [1.165, 1.54) is 5.56 Å². The van der Waals surface area contributed by atoms with Gasteiger partial charge < -0.3 is 5.32 Å². The van der Waals surface area contributed by atoms with E-state index in [-0.39, 0.29) is 11.5 Å². The van der Waals surface area contributed by atoms with Crippen LogP contribution in [0.2, 0.25) is 5.15 Å². The molecule has 0 aliphatic carbocycles. The van der Waals surface area contributed by atoms with Crippen LogP contribution < -0.4 is 5.32 Å². The Hall–Kier alpha value is -1.54. The zero-order chi connectivity index (χ0) is 14.6. The number of hydrogen-bond donors (Lipinski definition) is 1. The molecule has 1 N–H and O–H groups in total. The van der Waals surface area contributed by atoms with E-state index in [1.54, 1.807) is 6.20 Å². The van der Waals surface area contributed by atoms with Crippen LogP contribution in [0.5, 0.6) is 0 Å². The molecule has 2 nitrogen and oxygen atoms in total. The van der Waals surface area contributed by atoms with E-state index in [2.05, 4.69) is 55.3 Å². The lowest BCUT2D eigenvalue weighted by Crippen LogP contribution is -2.18. The van der Waals surface area contributed by atoms with Crippen molar-refractivity contribution < 1.29 is 0 Å². The van der Waals surface area contributed by atoms with Crippen molar-refractivity contribution in [1.82, 2.24) is 4.98 Å². The van der Waals surface area contributed by atoms with E-state index in [4.69, 9.17) is 11.6 Å². The van der Waals surface area contributed by atoms with E-state index >= 15 is 0 Å². The molecule has 0 spiro atoms. The van der Waals surface area contributed by atoms with Gasteiger partial charge in [-0.3, -0.25) is 0 Å². The van der Waals surface area contributed by atoms with E-state index in [0.717, 1.165) is 12.1 Å². The molecule has 106 valence electrons. The summed E-state index contributed by atoms with van der Waals surface area (Å²) in [5.41, 5.74) is 2.53. The summed E-state index contributed by atoms with van der Waals surface area (Å²) < 4.78 is 0. The van der Waals surface area contributed by atoms with Gasteiger partial charge in [0.1, 0.15) is 5.15 Å². The number of halogens is 1. The first-order valence-corrected chi connectivity index (χ1v) is 7.25. The minimum Gasteiger partial charge on any atom is -0.377 e. The van der Waals surface area contributed by atoms with Gasteiger partial charge in [0, 0.05) is 0 Å². The van der Waals surface area contributed by atoms with Crippen molar-refractivity contribution in [2.45, 2.75) is 33.2 Å². The van der Waals surface area contributed by atoms with Crippen molar-refractivity contribution in [1.29, 1.82) is 0 Å². The number of anilines is 1. The first kappa shape index (κ1) is 14.9. The topological polar surface area (TPSA) is 24.9 Å². The summed E-state index contributed by atoms with van der Waals surface area (Å²) >= 11 is 5.83. The summed E-state index contributed by atoms with van der Waals surface area (Å²) in [7, 11) is 0. The molecule has 1 unspecified atom stereocenters. The summed E-state index contributed by atoms with van der Waals surface area (Å²) in [5.74, 6) is 0. The van der Waals surface area contributed by atoms with Gasteiger partial charge in [-0.05, 0) is 29.5 Å². The number of nitrogens with one attached hydrogen (secondary N) is 1. The van der Waals surface area contributed by atoms with Crippen LogP contribution in [-0.4, -0.2) is 4.98 Å². The summed E-state index contributed by atoms with van der Waals surface area (Å²) in [4.78, 5) is 4.13. The molecular formula is C17H21ClN2. The monoisotopic (exact) mass is 288 g/mol. The van der Waals surface area contributed by atoms with Gasteiger partial charge in [-0.15, -0.1) is 0 Å². The Morgan fingerprint density at radius 1 is 1.10 bits per heavy atom. The molecule has 1 atom stereocenters. The number of benzene rings is 1. The van der Waals surface area contributed by atoms with Crippen molar-refractivity contribution in [2.24, 2.45) is 5.41 Å². The number of rotatable bonds is 4. The zero-order valence-corrected chi connectivity index (χ0v) is 13.0. The summed E-state index contributed by atoms with van der Waals surface area (Å²) in [6.45, 7) is 6.76. The molecular weight excluding hydrogens is 268 g/mol. The summed E-state index contributed by atoms with van der Waals surface area (Å²) in [5, 5.41) is 4.07. The summed E-state index contributed by atoms with van der Waals surface area (Å²) in [6, 6.07) is 14.6. The van der Waals surface area contributed by atoms with Crippen LogP contribution in [0.3, 0.4) is 0 Å². The van der Waals surface area contributed by atoms with Gasteiger partial charge in [-0.25, -0.2) is 4.98 Å². The Morgan fingerprint density at radius 3 is 2.35 bits per heavy atom. The van der Waals surface area contributed by atoms with Gasteiger partial charge in [-0.1, -0.05) is 62.7 Å². The fourth-order valence-corrected chi connectivity index (χ4v) is 2.32. The van der Waals surface area contributed by atoms with E-state index in [0.29, 0.717) is 5.15 Å². The molecule has 0 fully saturated rings. The fourth-order valence-electron chi connectivity index (χ4n) is 2.21. The average molecular weight is 289 g/mol. The molecule has 1 aromatic carbocycles. The normalized spacial score (nSPS) is 13.0. The first-order valence-electron chi connectivity index (χ1n) is 6.87. The summed E-state index contributed by atoms with van der Waals surface area (Å²) in [6.07, 6.45) is 2.82. The smallest absolute Gasteiger partial charge is 0.129 e. The van der Waals surface area contributed by atoms with Gasteiger partial charge in [-0.2, -0.15) is 0 Å². The predicted octanol–water partition coefficient (Wildman–Crippen LogP) is 5.32. The fraction of sp³-hybridized carbons (Fsp3) is 0.353. The third-order valence-corrected chi connectivity index (χ3v) is 3.31. The maximum atomic E-state index is 5.83. The lowest BCUT2D eigenvalue weighted by atomic mass is 9.85. The zero-order valence-electron chi connectivity index (χ0n) is 12.2. The Balaban J connectivity index is 2.20. The molecule has 0 saturated heterocycles. The van der Waals surface area contributed by atoms with E-state index in [9.17, 15) is 0 Å². The average Bonchev–Trinajstić information content (AvgIpc) is 2.40. The lowest BCUT2D eigenvalue weighted by molar-refractivity contribution is 0.352. The lowest BCUT2D eigenvalue weighted by Gasteiger charge is -2.28. The van der Waals surface area contributed by atoms with Gasteiger partial charge in [0.25, 0.3) is 0 Å². The maximum absolute atomic E-state index is 5.83. The molecule has 0 aliphatic rings. The highest BCUT2D eigenvalue weighted by Crippen LogP contribution is 2.32. The Kier molecular flexibility index (Phi) is 4.66. The SMILES string of the molecule is CC(C)(C)CC(Nc1ccc(Cl)nc1)c1ccccc1. The van der Waals surface area contributed by atoms with Crippen LogP contribution in [-0.2, 0) is 0 Å². The van der Waals surface area contributed by atoms with Gasteiger partial charge >= 0.3 is 0 Å². The van der Waals surface area contributed by atoms with Crippen molar-refractivity contribution in [3.05, 3.63) is 59.4 Å². The van der Waals surface area contributed by atoms with Crippen LogP contribution in [0.25, 0.3) is 0 Å². The van der Waals surface area contributed by atoms with E-state index in [1.807, 2.05) is 18.2 Å². The molecule has 0 saturated carbocycles. The van der Waals surface area contributed by atoms with Crippen LogP contribution >= 0.6 is 11.6 Å². The highest BCUT2D eigenvalue weighted by Gasteiger charge is 2.20. The molecule has 0 bridgehead atoms. The molecule has 1 heterocycles. The van der Waals surface area contributed by atoms with Crippen LogP contribution in [0.4, 0.5) is 5.69 Å². The molecule has 0 amide bonds. The molecule has 2 rings (SSSR count). The van der Waals surface area contributed by atoms with Crippen molar-refractivity contribution in [3.8, 4) is 0 Å². The molecule has 0 radical (unpaired) electrons. The minimum atomic E-state index is 0.243. The number of hydrogen-bond acceptors (Lipinski definition) is 2. The number of nitrogens with zero attached hydrogens (tertiary/aromatic N) is 1. The maximum Gasteiger partial charge on any atom is 0.129 e. The molecule has 3 heteroatoms. The van der Waals surface area contributed by atoms with Crippen LogP contribution in [0, 0.1) is 5.41 Å². The third kappa shape index (κ3) is 4.53. The second-order valence-corrected chi connectivity index (χ2v) is 6.63. The number of aromatic nitrogens is 1. The molecule has 2 aromatic rings. The molecule has 20 heavy (non-hydrogen) atoms. The Morgan fingerprint density at radius 2 is 1.80 bits per heavy atom. The highest BCUT2D eigenvalue weighted by atomic mass is 35.5. The van der Waals surface area contributed by atoms with Crippen molar-refractivity contribution in [3.63, 3.8) is 0 Å². The minimum absolute atomic E-state index is 0.243. The van der Waals surface area contributed by atoms with Gasteiger partial charge in [0.15, 0.2) is 0 Å². The van der Waals surface area contributed by atoms with Gasteiger partial charge in [0.2, 0.25) is 0 Å². The second kappa shape index (κ2) is 6.27. The van der Waals surface area contributed by atoms with Crippen LogP contribution in [0.15, 0.2) is 48.7 Å². The predicted molar refractivity (Wildman–Crippen MR) is 86.1 cm³/mol. The van der Waals surface area contributed by atoms with Crippen molar-refractivity contribution in [2.75, 3.05) is 5.32 Å². The quantitative estimate of drug-likeness (QED) is 0.770. The third-order valence-electron chi connectivity index (χ3n) is 3.09. The largest absolute Gasteiger partial charge is 0.377 e. The van der Waals surface area contributed by atoms with Gasteiger partial charge in [0.05, 0.1) is 17.9 Å². The highest BCUT2D eigenvalue weighted by molar-refractivity contribution is 6.29. The Bertz CT molecular complexity index is 529. The Labute approximate surface area is 126 Å². The first-order chi connectivity index (χ1) is 9.44. The van der Waals surface area contributed by atoms with Crippen LogP contribution in [0.1, 0.15) is 38.8 Å².